The Balaban J connectivity index is 1.81. The molecule has 8 heteroatoms. The molecule has 0 bridgehead atoms. The molecule has 1 amide bonds. The molecule has 118 valence electrons. The summed E-state index contributed by atoms with van der Waals surface area (Å²) < 4.78 is 0. The number of hydrogen-bond donors (Lipinski definition) is 3. The summed E-state index contributed by atoms with van der Waals surface area (Å²) in [5, 5.41) is 7.61. The van der Waals surface area contributed by atoms with Crippen molar-refractivity contribution in [1.82, 2.24) is 20.2 Å². The summed E-state index contributed by atoms with van der Waals surface area (Å²) >= 11 is 1.47. The first-order valence-electron chi connectivity index (χ1n) is 7.37. The highest BCUT2D eigenvalue weighted by Gasteiger charge is 2.34. The van der Waals surface area contributed by atoms with Gasteiger partial charge in [-0.1, -0.05) is 11.3 Å². The Labute approximate surface area is 136 Å². The highest BCUT2D eigenvalue weighted by molar-refractivity contribution is 7.19. The monoisotopic (exact) mass is 328 g/mol. The zero-order valence-electron chi connectivity index (χ0n) is 12.5. The zero-order chi connectivity index (χ0) is 16.0. The van der Waals surface area contributed by atoms with Crippen molar-refractivity contribution in [2.45, 2.75) is 25.8 Å². The van der Waals surface area contributed by atoms with Crippen LogP contribution < -0.4 is 10.6 Å². The number of hydrogen-bond acceptors (Lipinski definition) is 5. The Hall–Kier alpha value is -2.61. The van der Waals surface area contributed by atoms with E-state index >= 15 is 0 Å². The fourth-order valence-electron chi connectivity index (χ4n) is 2.58. The lowest BCUT2D eigenvalue weighted by Crippen LogP contribution is -2.19. The highest BCUT2D eigenvalue weighted by Crippen LogP contribution is 2.42. The number of aromatic amines is 2. The smallest absolute Gasteiger partial charge is 0.268 e. The van der Waals surface area contributed by atoms with Gasteiger partial charge in [0.15, 0.2) is 10.8 Å². The number of thiazole rings is 1. The molecule has 0 saturated heterocycles. The van der Waals surface area contributed by atoms with Gasteiger partial charge in [0.1, 0.15) is 0 Å². The summed E-state index contributed by atoms with van der Waals surface area (Å²) in [5.41, 5.74) is 8.75. The van der Waals surface area contributed by atoms with E-state index < -0.39 is 5.91 Å². The number of rotatable bonds is 5. The van der Waals surface area contributed by atoms with Crippen molar-refractivity contribution < 1.29 is 4.79 Å². The lowest BCUT2D eigenvalue weighted by molar-refractivity contribution is 0.0997. The van der Waals surface area contributed by atoms with Crippen LogP contribution >= 0.6 is 11.3 Å². The summed E-state index contributed by atoms with van der Waals surface area (Å²) in [6.07, 6.45) is 7.71. The molecule has 0 aliphatic heterocycles. The second kappa shape index (κ2) is 5.24. The van der Waals surface area contributed by atoms with Crippen LogP contribution in [0.5, 0.6) is 0 Å². The van der Waals surface area contributed by atoms with Crippen LogP contribution in [0.4, 0.5) is 10.8 Å². The van der Waals surface area contributed by atoms with Crippen molar-refractivity contribution in [2.24, 2.45) is 5.73 Å². The van der Waals surface area contributed by atoms with Crippen LogP contribution in [0.25, 0.3) is 10.6 Å². The number of carbonyl (C=O) groups is 1. The van der Waals surface area contributed by atoms with E-state index in [1.807, 2.05) is 25.4 Å². The molecule has 0 spiro atoms. The van der Waals surface area contributed by atoms with Gasteiger partial charge in [-0.2, -0.15) is 5.10 Å². The average Bonchev–Trinajstić information content (AvgIpc) is 2.95. The van der Waals surface area contributed by atoms with Crippen molar-refractivity contribution in [2.75, 3.05) is 4.90 Å². The number of aryl methyl sites for hydroxylation is 1. The van der Waals surface area contributed by atoms with E-state index in [4.69, 9.17) is 5.73 Å². The second-order valence-electron chi connectivity index (χ2n) is 5.69. The molecule has 1 saturated carbocycles. The van der Waals surface area contributed by atoms with Crippen LogP contribution in [0.1, 0.15) is 28.9 Å². The number of anilines is 2. The Morgan fingerprint density at radius 2 is 2.26 bits per heavy atom. The van der Waals surface area contributed by atoms with Crippen molar-refractivity contribution in [3.05, 3.63) is 35.9 Å². The molecular weight excluding hydrogens is 312 g/mol. The average molecular weight is 328 g/mol. The minimum absolute atomic E-state index is 0.306. The van der Waals surface area contributed by atoms with Crippen LogP contribution in [0, 0.1) is 6.92 Å². The number of amides is 1. The van der Waals surface area contributed by atoms with Gasteiger partial charge < -0.3 is 15.6 Å². The van der Waals surface area contributed by atoms with Crippen molar-refractivity contribution in [3.63, 3.8) is 0 Å². The predicted octanol–water partition coefficient (Wildman–Crippen LogP) is 2.57. The number of carbonyl (C=O) groups excluding carboxylic acids is 1. The third kappa shape index (κ3) is 2.50. The molecule has 0 radical (unpaired) electrons. The summed E-state index contributed by atoms with van der Waals surface area (Å²) in [5.74, 6) is -0.516. The molecule has 1 fully saturated rings. The Morgan fingerprint density at radius 1 is 1.43 bits per heavy atom. The molecule has 7 nitrogen and oxygen atoms in total. The topological polar surface area (TPSA) is 104 Å². The van der Waals surface area contributed by atoms with Gasteiger partial charge in [-0.3, -0.25) is 9.89 Å². The third-order valence-electron chi connectivity index (χ3n) is 3.80. The quantitative estimate of drug-likeness (QED) is 0.669. The van der Waals surface area contributed by atoms with Crippen molar-refractivity contribution in [3.8, 4) is 10.6 Å². The summed E-state index contributed by atoms with van der Waals surface area (Å²) in [6, 6.07) is 2.39. The molecule has 0 atom stereocenters. The standard InChI is InChI=1S/C15H16N6OS/c1-8-4-11(17-5-8)13-12(14(16)22)20-15(23-13)21(9-2-3-9)10-6-18-19-7-10/h4-7,9,17H,2-3H2,1H3,(H2,16,22)(H,18,19). The summed E-state index contributed by atoms with van der Waals surface area (Å²) in [7, 11) is 0. The van der Waals surface area contributed by atoms with Crippen LogP contribution in [0.15, 0.2) is 24.7 Å². The minimum atomic E-state index is -0.516. The van der Waals surface area contributed by atoms with Crippen LogP contribution in [0.3, 0.4) is 0 Å². The van der Waals surface area contributed by atoms with E-state index in [2.05, 4.69) is 25.1 Å². The fraction of sp³-hybridized carbons (Fsp3) is 0.267. The van der Waals surface area contributed by atoms with Crippen molar-refractivity contribution >= 4 is 28.1 Å². The third-order valence-corrected chi connectivity index (χ3v) is 4.89. The summed E-state index contributed by atoms with van der Waals surface area (Å²) in [6.45, 7) is 1.99. The number of nitrogens with two attached hydrogens (primary N) is 1. The van der Waals surface area contributed by atoms with Gasteiger partial charge in [-0.05, 0) is 31.4 Å². The molecule has 3 aromatic heterocycles. The maximum atomic E-state index is 11.8. The lowest BCUT2D eigenvalue weighted by Gasteiger charge is -2.18. The number of H-pyrrole nitrogens is 2. The highest BCUT2D eigenvalue weighted by atomic mass is 32.1. The zero-order valence-corrected chi connectivity index (χ0v) is 13.4. The molecule has 3 heterocycles. The molecule has 1 aliphatic rings. The van der Waals surface area contributed by atoms with E-state index in [1.165, 1.54) is 11.3 Å². The van der Waals surface area contributed by atoms with E-state index in [0.29, 0.717) is 11.7 Å². The second-order valence-corrected chi connectivity index (χ2v) is 6.66. The van der Waals surface area contributed by atoms with E-state index in [9.17, 15) is 4.79 Å². The molecule has 0 unspecified atom stereocenters. The first-order valence-corrected chi connectivity index (χ1v) is 8.19. The van der Waals surface area contributed by atoms with E-state index in [-0.39, 0.29) is 0 Å². The van der Waals surface area contributed by atoms with Gasteiger partial charge in [0, 0.05) is 18.4 Å². The van der Waals surface area contributed by atoms with Crippen LogP contribution in [0.2, 0.25) is 0 Å². The molecule has 23 heavy (non-hydrogen) atoms. The van der Waals surface area contributed by atoms with Gasteiger partial charge in [0.2, 0.25) is 0 Å². The van der Waals surface area contributed by atoms with Crippen LogP contribution in [-0.4, -0.2) is 32.1 Å². The Morgan fingerprint density at radius 3 is 2.83 bits per heavy atom. The number of aromatic nitrogens is 4. The summed E-state index contributed by atoms with van der Waals surface area (Å²) in [4.78, 5) is 22.4. The molecule has 4 rings (SSSR count). The number of nitrogens with one attached hydrogen (secondary N) is 2. The van der Waals surface area contributed by atoms with Crippen molar-refractivity contribution in [1.29, 1.82) is 0 Å². The largest absolute Gasteiger partial charge is 0.364 e. The number of primary amides is 1. The van der Waals surface area contributed by atoms with E-state index in [1.54, 1.807) is 6.20 Å². The molecular formula is C15H16N6OS. The SMILES string of the molecule is Cc1c[nH]c(-c2sc(N(c3cn[nH]c3)C3CC3)nc2C(N)=O)c1. The first-order chi connectivity index (χ1) is 11.1. The van der Waals surface area contributed by atoms with Gasteiger partial charge in [-0.25, -0.2) is 4.98 Å². The van der Waals surface area contributed by atoms with Crippen LogP contribution in [-0.2, 0) is 0 Å². The molecule has 0 aromatic carbocycles. The number of nitrogens with zero attached hydrogens (tertiary/aromatic N) is 3. The first kappa shape index (κ1) is 14.0. The van der Waals surface area contributed by atoms with Gasteiger partial charge in [0.05, 0.1) is 22.5 Å². The maximum Gasteiger partial charge on any atom is 0.268 e. The predicted molar refractivity (Wildman–Crippen MR) is 88.9 cm³/mol. The lowest BCUT2D eigenvalue weighted by atomic mass is 10.2. The maximum absolute atomic E-state index is 11.8. The normalized spacial score (nSPS) is 14.1. The minimum Gasteiger partial charge on any atom is -0.364 e. The van der Waals surface area contributed by atoms with Gasteiger partial charge in [-0.15, -0.1) is 0 Å². The van der Waals surface area contributed by atoms with Gasteiger partial charge in [0.25, 0.3) is 5.91 Å². The van der Waals surface area contributed by atoms with Gasteiger partial charge >= 0.3 is 0 Å². The molecule has 3 aromatic rings. The fourth-order valence-corrected chi connectivity index (χ4v) is 3.72. The van der Waals surface area contributed by atoms with E-state index in [0.717, 1.165) is 39.8 Å². The molecule has 1 aliphatic carbocycles. The Kier molecular flexibility index (Phi) is 3.19. The molecule has 4 N–H and O–H groups in total. The Bertz CT molecular complexity index is 845.